The number of nitrogens with zero attached hydrogens (tertiary/aromatic N) is 4. The Hall–Kier alpha value is -3.02. The first-order valence-corrected chi connectivity index (χ1v) is 11.2. The second-order valence-corrected chi connectivity index (χ2v) is 8.51. The Bertz CT molecular complexity index is 1180. The van der Waals surface area contributed by atoms with E-state index in [1.54, 1.807) is 0 Å². The molecule has 5 rings (SSSR count). The highest BCUT2D eigenvalue weighted by Gasteiger charge is 2.25. The zero-order valence-electron chi connectivity index (χ0n) is 17.5. The second-order valence-electron chi connectivity index (χ2n) is 8.15. The molecule has 1 aliphatic heterocycles. The standard InChI is InChI=1S/C26H26N4S/c31-26-29(20-28-17-16-23(19-28)22-12-6-2-7-13-22)27-25(18-21-10-4-1-5-11-21)30(26)24-14-8-3-9-15-24/h1-15,23H,16-20H2/t23-/m0/s1. The Morgan fingerprint density at radius 2 is 1.48 bits per heavy atom. The highest BCUT2D eigenvalue weighted by Crippen LogP contribution is 2.27. The number of rotatable bonds is 6. The van der Waals surface area contributed by atoms with Crippen molar-refractivity contribution in [2.45, 2.75) is 25.4 Å². The maximum Gasteiger partial charge on any atom is 0.203 e. The predicted octanol–water partition coefficient (Wildman–Crippen LogP) is 5.44. The fourth-order valence-corrected chi connectivity index (χ4v) is 4.73. The lowest BCUT2D eigenvalue weighted by Gasteiger charge is -2.16. The van der Waals surface area contributed by atoms with Crippen molar-refractivity contribution in [3.05, 3.63) is 113 Å². The molecular formula is C26H26N4S. The van der Waals surface area contributed by atoms with E-state index in [4.69, 9.17) is 17.3 Å². The molecule has 2 heterocycles. The summed E-state index contributed by atoms with van der Waals surface area (Å²) in [5.41, 5.74) is 3.72. The van der Waals surface area contributed by atoms with Crippen molar-refractivity contribution in [2.24, 2.45) is 0 Å². The number of likely N-dealkylation sites (tertiary alicyclic amines) is 1. The maximum atomic E-state index is 5.91. The van der Waals surface area contributed by atoms with E-state index in [-0.39, 0.29) is 0 Å². The number of hydrogen-bond acceptors (Lipinski definition) is 3. The predicted molar refractivity (Wildman–Crippen MR) is 127 cm³/mol. The monoisotopic (exact) mass is 426 g/mol. The normalized spacial score (nSPS) is 16.6. The Balaban J connectivity index is 1.42. The fourth-order valence-electron chi connectivity index (χ4n) is 4.42. The first kappa shape index (κ1) is 19.9. The van der Waals surface area contributed by atoms with Crippen LogP contribution in [0.25, 0.3) is 5.69 Å². The minimum absolute atomic E-state index is 0.579. The van der Waals surface area contributed by atoms with Gasteiger partial charge in [0.15, 0.2) is 0 Å². The van der Waals surface area contributed by atoms with Crippen LogP contribution in [-0.2, 0) is 13.1 Å². The van der Waals surface area contributed by atoms with Gasteiger partial charge in [0.2, 0.25) is 4.77 Å². The molecule has 1 aromatic heterocycles. The Labute approximate surface area is 188 Å². The van der Waals surface area contributed by atoms with E-state index in [2.05, 4.69) is 76.2 Å². The van der Waals surface area contributed by atoms with Gasteiger partial charge in [-0.3, -0.25) is 9.47 Å². The average Bonchev–Trinajstić information content (AvgIpc) is 3.40. The van der Waals surface area contributed by atoms with Crippen LogP contribution in [0.1, 0.15) is 29.3 Å². The zero-order chi connectivity index (χ0) is 21.0. The smallest absolute Gasteiger partial charge is 0.203 e. The van der Waals surface area contributed by atoms with E-state index in [9.17, 15) is 0 Å². The fraction of sp³-hybridized carbons (Fsp3) is 0.231. The van der Waals surface area contributed by atoms with Crippen LogP contribution in [0.5, 0.6) is 0 Å². The van der Waals surface area contributed by atoms with E-state index in [1.165, 1.54) is 17.5 Å². The topological polar surface area (TPSA) is 26.0 Å². The average molecular weight is 427 g/mol. The van der Waals surface area contributed by atoms with Crippen molar-refractivity contribution < 1.29 is 0 Å². The lowest BCUT2D eigenvalue weighted by Crippen LogP contribution is -2.24. The van der Waals surface area contributed by atoms with Gasteiger partial charge in [0.1, 0.15) is 5.82 Å². The molecule has 5 heteroatoms. The molecule has 0 N–H and O–H groups in total. The molecule has 0 spiro atoms. The van der Waals surface area contributed by atoms with E-state index in [1.807, 2.05) is 28.9 Å². The lowest BCUT2D eigenvalue weighted by molar-refractivity contribution is 0.249. The third-order valence-corrected chi connectivity index (χ3v) is 6.40. The van der Waals surface area contributed by atoms with E-state index >= 15 is 0 Å². The van der Waals surface area contributed by atoms with Crippen LogP contribution >= 0.6 is 12.2 Å². The van der Waals surface area contributed by atoms with Crippen molar-refractivity contribution in [2.75, 3.05) is 13.1 Å². The van der Waals surface area contributed by atoms with Crippen molar-refractivity contribution in [3.8, 4) is 5.69 Å². The van der Waals surface area contributed by atoms with Crippen LogP contribution in [0.2, 0.25) is 0 Å². The summed E-state index contributed by atoms with van der Waals surface area (Å²) >= 11 is 5.91. The van der Waals surface area contributed by atoms with Crippen LogP contribution < -0.4 is 0 Å². The molecule has 1 saturated heterocycles. The molecule has 1 fully saturated rings. The number of para-hydroxylation sites is 1. The minimum Gasteiger partial charge on any atom is -0.284 e. The molecule has 0 amide bonds. The van der Waals surface area contributed by atoms with Crippen molar-refractivity contribution in [1.82, 2.24) is 19.2 Å². The van der Waals surface area contributed by atoms with Gasteiger partial charge in [-0.2, -0.15) is 5.10 Å². The molecule has 4 nitrogen and oxygen atoms in total. The van der Waals surface area contributed by atoms with Gasteiger partial charge in [-0.15, -0.1) is 0 Å². The molecule has 4 aromatic rings. The molecule has 1 atom stereocenters. The maximum absolute atomic E-state index is 5.91. The van der Waals surface area contributed by atoms with Gasteiger partial charge < -0.3 is 0 Å². The summed E-state index contributed by atoms with van der Waals surface area (Å²) in [4.78, 5) is 2.46. The Kier molecular flexibility index (Phi) is 5.78. The molecule has 0 bridgehead atoms. The first-order valence-electron chi connectivity index (χ1n) is 10.8. The molecule has 0 aliphatic carbocycles. The molecule has 1 aliphatic rings. The molecule has 156 valence electrons. The highest BCUT2D eigenvalue weighted by molar-refractivity contribution is 7.71. The SMILES string of the molecule is S=c1n(CN2CC[C@H](c3ccccc3)C2)nc(Cc2ccccc2)n1-c1ccccc1. The number of aromatic nitrogens is 3. The second kappa shape index (κ2) is 9.00. The van der Waals surface area contributed by atoms with Crippen LogP contribution in [0, 0.1) is 4.77 Å². The summed E-state index contributed by atoms with van der Waals surface area (Å²) < 4.78 is 4.86. The largest absolute Gasteiger partial charge is 0.284 e. The summed E-state index contributed by atoms with van der Waals surface area (Å²) in [6, 6.07) is 31.6. The number of hydrogen-bond donors (Lipinski definition) is 0. The van der Waals surface area contributed by atoms with Gasteiger partial charge in [-0.25, -0.2) is 4.68 Å². The van der Waals surface area contributed by atoms with Crippen LogP contribution in [0.15, 0.2) is 91.0 Å². The van der Waals surface area contributed by atoms with E-state index in [0.29, 0.717) is 5.92 Å². The van der Waals surface area contributed by atoms with Gasteiger partial charge in [0, 0.05) is 25.2 Å². The van der Waals surface area contributed by atoms with Gasteiger partial charge in [0.05, 0.1) is 6.67 Å². The first-order chi connectivity index (χ1) is 15.3. The third kappa shape index (κ3) is 4.38. The zero-order valence-corrected chi connectivity index (χ0v) is 18.3. The third-order valence-electron chi connectivity index (χ3n) is 6.00. The van der Waals surface area contributed by atoms with E-state index < -0.39 is 0 Å². The van der Waals surface area contributed by atoms with Crippen molar-refractivity contribution in [1.29, 1.82) is 0 Å². The van der Waals surface area contributed by atoms with Gasteiger partial charge in [0.25, 0.3) is 0 Å². The van der Waals surface area contributed by atoms with Crippen molar-refractivity contribution >= 4 is 12.2 Å². The van der Waals surface area contributed by atoms with Gasteiger partial charge in [-0.1, -0.05) is 78.9 Å². The van der Waals surface area contributed by atoms with Gasteiger partial charge in [-0.05, 0) is 47.8 Å². The summed E-state index contributed by atoms with van der Waals surface area (Å²) in [6.07, 6.45) is 1.92. The molecule has 31 heavy (non-hydrogen) atoms. The Morgan fingerprint density at radius 3 is 2.19 bits per heavy atom. The van der Waals surface area contributed by atoms with Gasteiger partial charge >= 0.3 is 0 Å². The Morgan fingerprint density at radius 1 is 0.839 bits per heavy atom. The summed E-state index contributed by atoms with van der Waals surface area (Å²) in [7, 11) is 0. The number of benzene rings is 3. The quantitative estimate of drug-likeness (QED) is 0.384. The van der Waals surface area contributed by atoms with Crippen LogP contribution in [-0.4, -0.2) is 32.3 Å². The van der Waals surface area contributed by atoms with Crippen LogP contribution in [0.4, 0.5) is 0 Å². The van der Waals surface area contributed by atoms with Crippen molar-refractivity contribution in [3.63, 3.8) is 0 Å². The molecule has 3 aromatic carbocycles. The molecule has 0 radical (unpaired) electrons. The summed E-state index contributed by atoms with van der Waals surface area (Å²) in [6.45, 7) is 2.83. The molecular weight excluding hydrogens is 400 g/mol. The van der Waals surface area contributed by atoms with Crippen LogP contribution in [0.3, 0.4) is 0 Å². The van der Waals surface area contributed by atoms with E-state index in [0.717, 1.165) is 42.5 Å². The summed E-state index contributed by atoms with van der Waals surface area (Å²) in [5.74, 6) is 1.55. The highest BCUT2D eigenvalue weighted by atomic mass is 32.1. The minimum atomic E-state index is 0.579. The molecule has 0 saturated carbocycles. The summed E-state index contributed by atoms with van der Waals surface area (Å²) in [5, 5.41) is 4.98. The lowest BCUT2D eigenvalue weighted by atomic mass is 9.99. The molecule has 0 unspecified atom stereocenters.